The van der Waals surface area contributed by atoms with Crippen LogP contribution in [-0.2, 0) is 6.42 Å². The first kappa shape index (κ1) is 12.8. The number of aliphatic hydroxyl groups is 1. The molecule has 3 nitrogen and oxygen atoms in total. The predicted molar refractivity (Wildman–Crippen MR) is 73.7 cm³/mol. The number of fused-ring (bicyclic) bond motifs is 1. The molecule has 19 heavy (non-hydrogen) atoms. The van der Waals surface area contributed by atoms with E-state index in [2.05, 4.69) is 12.1 Å². The fourth-order valence-electron chi connectivity index (χ4n) is 3.06. The van der Waals surface area contributed by atoms with Crippen LogP contribution in [0.25, 0.3) is 0 Å². The van der Waals surface area contributed by atoms with Gasteiger partial charge in [-0.25, -0.2) is 0 Å². The van der Waals surface area contributed by atoms with Gasteiger partial charge in [0.2, 0.25) is 0 Å². The summed E-state index contributed by atoms with van der Waals surface area (Å²) in [6.45, 7) is 1.45. The van der Waals surface area contributed by atoms with E-state index in [9.17, 15) is 5.11 Å². The third-order valence-corrected chi connectivity index (χ3v) is 4.18. The van der Waals surface area contributed by atoms with Gasteiger partial charge in [-0.1, -0.05) is 18.9 Å². The van der Waals surface area contributed by atoms with E-state index in [0.29, 0.717) is 5.92 Å². The first-order valence-corrected chi connectivity index (χ1v) is 7.39. The molecule has 2 unspecified atom stereocenters. The van der Waals surface area contributed by atoms with Gasteiger partial charge in [-0.15, -0.1) is 0 Å². The van der Waals surface area contributed by atoms with Gasteiger partial charge in [0, 0.05) is 6.42 Å². The molecule has 0 spiro atoms. The van der Waals surface area contributed by atoms with Crippen molar-refractivity contribution in [2.45, 2.75) is 44.6 Å². The highest BCUT2D eigenvalue weighted by Gasteiger charge is 2.23. The molecule has 1 heterocycles. The summed E-state index contributed by atoms with van der Waals surface area (Å²) in [5.74, 6) is 2.12. The third kappa shape index (κ3) is 3.03. The van der Waals surface area contributed by atoms with Gasteiger partial charge in [-0.3, -0.25) is 0 Å². The second-order valence-electron chi connectivity index (χ2n) is 5.65. The topological polar surface area (TPSA) is 38.7 Å². The largest absolute Gasteiger partial charge is 0.490 e. The number of hydrogen-bond acceptors (Lipinski definition) is 3. The molecule has 1 aliphatic carbocycles. The lowest BCUT2D eigenvalue weighted by Gasteiger charge is -2.27. The second-order valence-corrected chi connectivity index (χ2v) is 5.65. The fourth-order valence-corrected chi connectivity index (χ4v) is 3.06. The Balaban J connectivity index is 1.72. The summed E-state index contributed by atoms with van der Waals surface area (Å²) in [6, 6.07) is 6.20. The van der Waals surface area contributed by atoms with E-state index in [1.54, 1.807) is 0 Å². The average molecular weight is 262 g/mol. The van der Waals surface area contributed by atoms with Gasteiger partial charge in [-0.05, 0) is 42.9 Å². The van der Waals surface area contributed by atoms with Crippen LogP contribution in [0, 0.1) is 5.92 Å². The molecule has 3 rings (SSSR count). The van der Waals surface area contributed by atoms with Gasteiger partial charge >= 0.3 is 0 Å². The Morgan fingerprint density at radius 2 is 1.79 bits per heavy atom. The lowest BCUT2D eigenvalue weighted by Crippen LogP contribution is -2.26. The Labute approximate surface area is 114 Å². The number of ether oxygens (including phenoxy) is 2. The van der Waals surface area contributed by atoms with E-state index >= 15 is 0 Å². The highest BCUT2D eigenvalue weighted by atomic mass is 16.5. The molecule has 1 saturated carbocycles. The molecule has 0 bridgehead atoms. The van der Waals surface area contributed by atoms with Crippen LogP contribution >= 0.6 is 0 Å². The first-order chi connectivity index (χ1) is 9.33. The van der Waals surface area contributed by atoms with Crippen molar-refractivity contribution in [3.63, 3.8) is 0 Å². The molecule has 0 radical (unpaired) electrons. The molecule has 1 aromatic rings. The van der Waals surface area contributed by atoms with Crippen molar-refractivity contribution in [1.82, 2.24) is 0 Å². The molecule has 1 aliphatic heterocycles. The third-order valence-electron chi connectivity index (χ3n) is 4.18. The van der Waals surface area contributed by atoms with E-state index < -0.39 is 0 Å². The zero-order chi connectivity index (χ0) is 13.1. The molecular formula is C16H22O3. The maximum absolute atomic E-state index is 10.1. The first-order valence-electron chi connectivity index (χ1n) is 7.39. The van der Waals surface area contributed by atoms with Crippen LogP contribution in [0.15, 0.2) is 18.2 Å². The van der Waals surface area contributed by atoms with E-state index in [0.717, 1.165) is 50.4 Å². The highest BCUT2D eigenvalue weighted by molar-refractivity contribution is 5.43. The molecule has 104 valence electrons. The molecule has 0 amide bonds. The summed E-state index contributed by atoms with van der Waals surface area (Å²) in [4.78, 5) is 0. The molecule has 1 aromatic carbocycles. The van der Waals surface area contributed by atoms with Crippen LogP contribution in [-0.4, -0.2) is 24.4 Å². The van der Waals surface area contributed by atoms with Crippen molar-refractivity contribution in [2.24, 2.45) is 5.92 Å². The Kier molecular flexibility index (Phi) is 3.92. The zero-order valence-electron chi connectivity index (χ0n) is 11.3. The normalized spacial score (nSPS) is 26.8. The van der Waals surface area contributed by atoms with Crippen LogP contribution in [0.5, 0.6) is 11.5 Å². The predicted octanol–water partition coefficient (Wildman–Crippen LogP) is 2.94. The minimum Gasteiger partial charge on any atom is -0.490 e. The van der Waals surface area contributed by atoms with Crippen molar-refractivity contribution in [3.05, 3.63) is 23.8 Å². The number of aliphatic hydroxyl groups excluding tert-OH is 1. The monoisotopic (exact) mass is 262 g/mol. The van der Waals surface area contributed by atoms with Gasteiger partial charge < -0.3 is 14.6 Å². The quantitative estimate of drug-likeness (QED) is 0.890. The molecule has 2 atom stereocenters. The molecule has 1 fully saturated rings. The molecule has 3 heteroatoms. The molecule has 0 aromatic heterocycles. The van der Waals surface area contributed by atoms with Crippen LogP contribution in [0.1, 0.15) is 37.7 Å². The van der Waals surface area contributed by atoms with E-state index in [4.69, 9.17) is 9.47 Å². The standard InChI is InChI=1S/C16H22O3/c17-14-5-2-1-4-13(14)10-12-6-7-15-16(11-12)19-9-3-8-18-15/h6-7,11,13-14,17H,1-5,8-10H2. The average Bonchev–Trinajstić information content (AvgIpc) is 2.66. The minimum absolute atomic E-state index is 0.135. The molecule has 0 saturated heterocycles. The SMILES string of the molecule is OC1CCCCC1Cc1ccc2c(c1)OCCCO2. The number of rotatable bonds is 2. The van der Waals surface area contributed by atoms with E-state index in [1.807, 2.05) is 6.07 Å². The van der Waals surface area contributed by atoms with E-state index in [1.165, 1.54) is 18.4 Å². The zero-order valence-corrected chi connectivity index (χ0v) is 11.3. The molecular weight excluding hydrogens is 240 g/mol. The van der Waals surface area contributed by atoms with Gasteiger partial charge in [-0.2, -0.15) is 0 Å². The summed E-state index contributed by atoms with van der Waals surface area (Å²) in [6.07, 6.45) is 6.24. The van der Waals surface area contributed by atoms with Gasteiger partial charge in [0.05, 0.1) is 19.3 Å². The Bertz CT molecular complexity index is 430. The molecule has 1 N–H and O–H groups in total. The molecule has 2 aliphatic rings. The van der Waals surface area contributed by atoms with Crippen LogP contribution in [0.3, 0.4) is 0 Å². The van der Waals surface area contributed by atoms with Crippen molar-refractivity contribution < 1.29 is 14.6 Å². The van der Waals surface area contributed by atoms with Crippen molar-refractivity contribution in [3.8, 4) is 11.5 Å². The smallest absolute Gasteiger partial charge is 0.161 e. The Morgan fingerprint density at radius 1 is 1.00 bits per heavy atom. The highest BCUT2D eigenvalue weighted by Crippen LogP contribution is 2.33. The van der Waals surface area contributed by atoms with Gasteiger partial charge in [0.15, 0.2) is 11.5 Å². The maximum atomic E-state index is 10.1. The Hall–Kier alpha value is -1.22. The second kappa shape index (κ2) is 5.83. The lowest BCUT2D eigenvalue weighted by atomic mass is 9.82. The number of benzene rings is 1. The summed E-state index contributed by atoms with van der Waals surface area (Å²) < 4.78 is 11.4. The summed E-state index contributed by atoms with van der Waals surface area (Å²) in [7, 11) is 0. The summed E-state index contributed by atoms with van der Waals surface area (Å²) >= 11 is 0. The van der Waals surface area contributed by atoms with Gasteiger partial charge in [0.25, 0.3) is 0 Å². The van der Waals surface area contributed by atoms with Crippen molar-refractivity contribution in [1.29, 1.82) is 0 Å². The lowest BCUT2D eigenvalue weighted by molar-refractivity contribution is 0.0700. The van der Waals surface area contributed by atoms with E-state index in [-0.39, 0.29) is 6.10 Å². The van der Waals surface area contributed by atoms with Gasteiger partial charge in [0.1, 0.15) is 0 Å². The van der Waals surface area contributed by atoms with Crippen molar-refractivity contribution in [2.75, 3.05) is 13.2 Å². The maximum Gasteiger partial charge on any atom is 0.161 e. The van der Waals surface area contributed by atoms with Crippen LogP contribution < -0.4 is 9.47 Å². The minimum atomic E-state index is -0.135. The number of hydrogen-bond donors (Lipinski definition) is 1. The van der Waals surface area contributed by atoms with Crippen molar-refractivity contribution >= 4 is 0 Å². The van der Waals surface area contributed by atoms with Crippen LogP contribution in [0.4, 0.5) is 0 Å². The summed E-state index contributed by atoms with van der Waals surface area (Å²) in [5.41, 5.74) is 1.25. The fraction of sp³-hybridized carbons (Fsp3) is 0.625. The Morgan fingerprint density at radius 3 is 2.63 bits per heavy atom. The van der Waals surface area contributed by atoms with Crippen LogP contribution in [0.2, 0.25) is 0 Å². The summed E-state index contributed by atoms with van der Waals surface area (Å²) in [5, 5.41) is 10.1.